The van der Waals surface area contributed by atoms with Crippen molar-refractivity contribution in [1.82, 2.24) is 5.32 Å². The predicted molar refractivity (Wildman–Crippen MR) is 64.0 cm³/mol. The first-order valence-electron chi connectivity index (χ1n) is 5.31. The van der Waals surface area contributed by atoms with Gasteiger partial charge in [-0.2, -0.15) is 0 Å². The molecule has 0 aliphatic carbocycles. The number of aliphatic hydroxyl groups is 1. The fourth-order valence-electron chi connectivity index (χ4n) is 1.30. The lowest BCUT2D eigenvalue weighted by Gasteiger charge is -2.27. The molecule has 0 radical (unpaired) electrons. The Bertz CT molecular complexity index is 333. The van der Waals surface area contributed by atoms with Crippen molar-refractivity contribution in [1.29, 1.82) is 0 Å². The van der Waals surface area contributed by atoms with E-state index >= 15 is 0 Å². The third-order valence-corrected chi connectivity index (χ3v) is 3.24. The minimum atomic E-state index is -0.397. The van der Waals surface area contributed by atoms with Gasteiger partial charge in [0.1, 0.15) is 5.82 Å². The van der Waals surface area contributed by atoms with Crippen LogP contribution in [0.3, 0.4) is 0 Å². The number of hydrogen-bond donors (Lipinski definition) is 2. The summed E-state index contributed by atoms with van der Waals surface area (Å²) in [4.78, 5) is 0. The van der Waals surface area contributed by atoms with E-state index in [0.29, 0.717) is 17.1 Å². The van der Waals surface area contributed by atoms with Gasteiger partial charge in [-0.05, 0) is 25.5 Å². The maximum absolute atomic E-state index is 13.4. The van der Waals surface area contributed by atoms with Crippen LogP contribution in [0.1, 0.15) is 25.8 Å². The summed E-state index contributed by atoms with van der Waals surface area (Å²) in [7, 11) is 0. The Morgan fingerprint density at radius 2 is 2.19 bits per heavy atom. The summed E-state index contributed by atoms with van der Waals surface area (Å²) in [5.74, 6) is -0.323. The van der Waals surface area contributed by atoms with E-state index < -0.39 is 5.54 Å². The van der Waals surface area contributed by atoms with Gasteiger partial charge in [0, 0.05) is 22.7 Å². The van der Waals surface area contributed by atoms with Gasteiger partial charge in [0.15, 0.2) is 0 Å². The van der Waals surface area contributed by atoms with Crippen molar-refractivity contribution < 1.29 is 9.50 Å². The van der Waals surface area contributed by atoms with Crippen LogP contribution < -0.4 is 5.32 Å². The Kier molecular flexibility index (Phi) is 4.71. The molecule has 0 aromatic heterocycles. The minimum absolute atomic E-state index is 0.00950. The van der Waals surface area contributed by atoms with Crippen molar-refractivity contribution in [2.24, 2.45) is 0 Å². The lowest BCUT2D eigenvalue weighted by molar-refractivity contribution is 0.168. The van der Waals surface area contributed by atoms with Crippen LogP contribution in [0.15, 0.2) is 18.2 Å². The molecule has 16 heavy (non-hydrogen) atoms. The second-order valence-electron chi connectivity index (χ2n) is 4.13. The van der Waals surface area contributed by atoms with Crippen LogP contribution in [-0.4, -0.2) is 17.3 Å². The van der Waals surface area contributed by atoms with Crippen LogP contribution >= 0.6 is 11.6 Å². The predicted octanol–water partition coefficient (Wildman–Crippen LogP) is 2.73. The lowest BCUT2D eigenvalue weighted by Crippen LogP contribution is -2.44. The molecule has 1 rings (SSSR count). The van der Waals surface area contributed by atoms with Crippen LogP contribution in [0.25, 0.3) is 0 Å². The van der Waals surface area contributed by atoms with Gasteiger partial charge in [-0.15, -0.1) is 0 Å². The number of halogens is 2. The molecule has 90 valence electrons. The number of rotatable bonds is 5. The molecule has 0 amide bonds. The fourth-order valence-corrected chi connectivity index (χ4v) is 1.53. The summed E-state index contributed by atoms with van der Waals surface area (Å²) < 4.78 is 13.4. The average molecular weight is 246 g/mol. The highest BCUT2D eigenvalue weighted by molar-refractivity contribution is 6.31. The van der Waals surface area contributed by atoms with E-state index in [0.717, 1.165) is 6.42 Å². The largest absolute Gasteiger partial charge is 0.394 e. The molecule has 1 atom stereocenters. The van der Waals surface area contributed by atoms with Crippen molar-refractivity contribution in [3.8, 4) is 0 Å². The summed E-state index contributed by atoms with van der Waals surface area (Å²) in [6.07, 6.45) is 0.759. The van der Waals surface area contributed by atoms with Crippen molar-refractivity contribution in [3.63, 3.8) is 0 Å². The van der Waals surface area contributed by atoms with Crippen LogP contribution in [0.5, 0.6) is 0 Å². The minimum Gasteiger partial charge on any atom is -0.394 e. The maximum atomic E-state index is 13.4. The summed E-state index contributed by atoms with van der Waals surface area (Å²) >= 11 is 5.90. The standard InChI is InChI=1S/C12H17ClFNO/c1-3-12(2,8-16)15-7-9-10(13)5-4-6-11(9)14/h4-6,15-16H,3,7-8H2,1-2H3. The molecule has 0 bridgehead atoms. The topological polar surface area (TPSA) is 32.3 Å². The Labute approximate surface area is 100 Å². The molecule has 1 unspecified atom stereocenters. The monoisotopic (exact) mass is 245 g/mol. The molecule has 0 saturated carbocycles. The zero-order chi connectivity index (χ0) is 12.2. The molecule has 4 heteroatoms. The fraction of sp³-hybridized carbons (Fsp3) is 0.500. The van der Waals surface area contributed by atoms with Gasteiger partial charge < -0.3 is 10.4 Å². The highest BCUT2D eigenvalue weighted by atomic mass is 35.5. The first kappa shape index (κ1) is 13.4. The van der Waals surface area contributed by atoms with Crippen molar-refractivity contribution in [3.05, 3.63) is 34.6 Å². The molecule has 0 saturated heterocycles. The third kappa shape index (κ3) is 3.17. The first-order chi connectivity index (χ1) is 7.52. The molecule has 0 spiro atoms. The van der Waals surface area contributed by atoms with E-state index in [-0.39, 0.29) is 12.4 Å². The van der Waals surface area contributed by atoms with Gasteiger partial charge in [0.2, 0.25) is 0 Å². The van der Waals surface area contributed by atoms with E-state index in [1.807, 2.05) is 13.8 Å². The van der Waals surface area contributed by atoms with Crippen LogP contribution in [0.2, 0.25) is 5.02 Å². The van der Waals surface area contributed by atoms with E-state index in [4.69, 9.17) is 11.6 Å². The summed E-state index contributed by atoms with van der Waals surface area (Å²) in [5, 5.41) is 12.7. The highest BCUT2D eigenvalue weighted by Gasteiger charge is 2.20. The zero-order valence-electron chi connectivity index (χ0n) is 9.56. The van der Waals surface area contributed by atoms with Gasteiger partial charge in [-0.1, -0.05) is 24.6 Å². The lowest BCUT2D eigenvalue weighted by atomic mass is 10.00. The normalized spacial score (nSPS) is 14.8. The SMILES string of the molecule is CCC(C)(CO)NCc1c(F)cccc1Cl. The van der Waals surface area contributed by atoms with Gasteiger partial charge in [-0.25, -0.2) is 4.39 Å². The van der Waals surface area contributed by atoms with Crippen molar-refractivity contribution in [2.45, 2.75) is 32.4 Å². The smallest absolute Gasteiger partial charge is 0.129 e. The van der Waals surface area contributed by atoms with Crippen LogP contribution in [-0.2, 0) is 6.54 Å². The average Bonchev–Trinajstić information content (AvgIpc) is 2.28. The molecule has 0 heterocycles. The number of hydrogen-bond acceptors (Lipinski definition) is 2. The molecule has 2 N–H and O–H groups in total. The van der Waals surface area contributed by atoms with E-state index in [1.54, 1.807) is 12.1 Å². The molecule has 0 fully saturated rings. The summed E-state index contributed by atoms with van der Waals surface area (Å²) in [6.45, 7) is 4.18. The summed E-state index contributed by atoms with van der Waals surface area (Å²) in [6, 6.07) is 4.61. The zero-order valence-corrected chi connectivity index (χ0v) is 10.3. The number of benzene rings is 1. The van der Waals surface area contributed by atoms with Gasteiger partial charge in [-0.3, -0.25) is 0 Å². The second-order valence-corrected chi connectivity index (χ2v) is 4.53. The van der Waals surface area contributed by atoms with Gasteiger partial charge in [0.05, 0.1) is 6.61 Å². The van der Waals surface area contributed by atoms with E-state index in [2.05, 4.69) is 5.32 Å². The van der Waals surface area contributed by atoms with Crippen molar-refractivity contribution in [2.75, 3.05) is 6.61 Å². The van der Waals surface area contributed by atoms with E-state index in [9.17, 15) is 9.50 Å². The Hall–Kier alpha value is -0.640. The summed E-state index contributed by atoms with van der Waals surface area (Å²) in [5.41, 5.74) is 0.0447. The molecular formula is C12H17ClFNO. The Morgan fingerprint density at radius 1 is 1.50 bits per heavy atom. The van der Waals surface area contributed by atoms with Crippen LogP contribution in [0, 0.1) is 5.82 Å². The van der Waals surface area contributed by atoms with Crippen molar-refractivity contribution >= 4 is 11.6 Å². The Balaban J connectivity index is 2.75. The second kappa shape index (κ2) is 5.62. The molecule has 1 aromatic rings. The number of nitrogens with one attached hydrogen (secondary N) is 1. The molecule has 0 aliphatic heterocycles. The molecule has 2 nitrogen and oxygen atoms in total. The number of aliphatic hydroxyl groups excluding tert-OH is 1. The third-order valence-electron chi connectivity index (χ3n) is 2.88. The molecular weight excluding hydrogens is 229 g/mol. The van der Waals surface area contributed by atoms with Crippen LogP contribution in [0.4, 0.5) is 4.39 Å². The maximum Gasteiger partial charge on any atom is 0.129 e. The highest BCUT2D eigenvalue weighted by Crippen LogP contribution is 2.20. The first-order valence-corrected chi connectivity index (χ1v) is 5.69. The van der Waals surface area contributed by atoms with Gasteiger partial charge >= 0.3 is 0 Å². The van der Waals surface area contributed by atoms with Gasteiger partial charge in [0.25, 0.3) is 0 Å². The quantitative estimate of drug-likeness (QED) is 0.836. The van der Waals surface area contributed by atoms with E-state index in [1.165, 1.54) is 6.07 Å². The molecule has 1 aromatic carbocycles. The Morgan fingerprint density at radius 3 is 2.69 bits per heavy atom. The molecule has 0 aliphatic rings.